The number of likely N-dealkylation sites (tertiary alicyclic amines) is 1. The lowest BCUT2D eigenvalue weighted by Gasteiger charge is -2.32. The van der Waals surface area contributed by atoms with Gasteiger partial charge < -0.3 is 9.64 Å². The summed E-state index contributed by atoms with van der Waals surface area (Å²) in [6, 6.07) is 8.35. The quantitative estimate of drug-likeness (QED) is 0.820. The molecule has 0 N–H and O–H groups in total. The van der Waals surface area contributed by atoms with Crippen LogP contribution in [0.5, 0.6) is 5.75 Å². The second-order valence-corrected chi connectivity index (χ2v) is 5.03. The van der Waals surface area contributed by atoms with Gasteiger partial charge >= 0.3 is 0 Å². The van der Waals surface area contributed by atoms with Gasteiger partial charge in [0.15, 0.2) is 0 Å². The largest absolute Gasteiger partial charge is 0.492 e. The third-order valence-corrected chi connectivity index (χ3v) is 3.68. The first-order chi connectivity index (χ1) is 8.70. The number of piperidine rings is 1. The average Bonchev–Trinajstić information content (AvgIpc) is 2.38. The van der Waals surface area contributed by atoms with Crippen molar-refractivity contribution in [2.75, 3.05) is 20.2 Å². The fourth-order valence-electron chi connectivity index (χ4n) is 2.40. The molecule has 0 aromatic heterocycles. The molecule has 0 amide bonds. The molecule has 2 rings (SSSR count). The van der Waals surface area contributed by atoms with Crippen molar-refractivity contribution in [3.63, 3.8) is 0 Å². The van der Waals surface area contributed by atoms with Gasteiger partial charge in [0, 0.05) is 6.04 Å². The van der Waals surface area contributed by atoms with Crippen LogP contribution in [0.4, 0.5) is 0 Å². The minimum absolute atomic E-state index is 0.523. The molecule has 0 aliphatic carbocycles. The Morgan fingerprint density at radius 2 is 2.28 bits per heavy atom. The second-order valence-electron chi connectivity index (χ2n) is 5.03. The number of ether oxygens (including phenoxy) is 1. The highest BCUT2D eigenvalue weighted by molar-refractivity contribution is 5.41. The first-order valence-electron chi connectivity index (χ1n) is 6.54. The fraction of sp³-hybridized carbons (Fsp3) is 0.533. The van der Waals surface area contributed by atoms with E-state index in [0.717, 1.165) is 23.5 Å². The van der Waals surface area contributed by atoms with Crippen LogP contribution in [0.25, 0.3) is 0 Å². The topological polar surface area (TPSA) is 36.3 Å². The number of hydrogen-bond donors (Lipinski definition) is 0. The molecule has 0 bridgehead atoms. The lowest BCUT2D eigenvalue weighted by molar-refractivity contribution is 0.125. The highest BCUT2D eigenvalue weighted by Crippen LogP contribution is 2.19. The van der Waals surface area contributed by atoms with Crippen molar-refractivity contribution in [2.24, 2.45) is 0 Å². The maximum Gasteiger partial charge on any atom is 0.119 e. The number of nitrogens with zero attached hydrogens (tertiary/aromatic N) is 2. The molecule has 1 unspecified atom stereocenters. The van der Waals surface area contributed by atoms with E-state index >= 15 is 0 Å². The van der Waals surface area contributed by atoms with E-state index in [4.69, 9.17) is 10.00 Å². The lowest BCUT2D eigenvalue weighted by atomic mass is 10.0. The summed E-state index contributed by atoms with van der Waals surface area (Å²) in [7, 11) is 2.16. The Morgan fingerprint density at radius 1 is 1.44 bits per heavy atom. The van der Waals surface area contributed by atoms with Gasteiger partial charge in [0.2, 0.25) is 0 Å². The zero-order valence-corrected chi connectivity index (χ0v) is 11.1. The molecule has 1 aromatic rings. The minimum atomic E-state index is 0.523. The van der Waals surface area contributed by atoms with E-state index in [0.29, 0.717) is 6.04 Å². The predicted molar refractivity (Wildman–Crippen MR) is 71.7 cm³/mol. The summed E-state index contributed by atoms with van der Waals surface area (Å²) in [6.07, 6.45) is 3.81. The minimum Gasteiger partial charge on any atom is -0.492 e. The highest BCUT2D eigenvalue weighted by atomic mass is 16.5. The van der Waals surface area contributed by atoms with Gasteiger partial charge in [0.25, 0.3) is 0 Å². The number of likely N-dealkylation sites (N-methyl/N-ethyl adjacent to an activating group) is 1. The van der Waals surface area contributed by atoms with Crippen molar-refractivity contribution >= 4 is 0 Å². The van der Waals surface area contributed by atoms with E-state index in [1.165, 1.54) is 25.8 Å². The Kier molecular flexibility index (Phi) is 4.22. The Morgan fingerprint density at radius 3 is 2.94 bits per heavy atom. The SMILES string of the molecule is Cc1cc(OCC2CCCCN2C)ccc1C#N. The monoisotopic (exact) mass is 244 g/mol. The molecule has 3 nitrogen and oxygen atoms in total. The van der Waals surface area contributed by atoms with E-state index in [2.05, 4.69) is 18.0 Å². The van der Waals surface area contributed by atoms with Crippen LogP contribution in [0.2, 0.25) is 0 Å². The standard InChI is InChI=1S/C15H20N2O/c1-12-9-15(7-6-13(12)10-16)18-11-14-5-3-4-8-17(14)2/h6-7,9,14H,3-5,8,11H2,1-2H3. The fourth-order valence-corrected chi connectivity index (χ4v) is 2.40. The molecule has 1 saturated heterocycles. The van der Waals surface area contributed by atoms with Crippen molar-refractivity contribution in [3.8, 4) is 11.8 Å². The molecule has 1 aromatic carbocycles. The van der Waals surface area contributed by atoms with E-state index in [-0.39, 0.29) is 0 Å². The summed E-state index contributed by atoms with van der Waals surface area (Å²) in [5.41, 5.74) is 1.70. The van der Waals surface area contributed by atoms with Gasteiger partial charge in [0.05, 0.1) is 11.6 Å². The molecule has 1 fully saturated rings. The van der Waals surface area contributed by atoms with Crippen LogP contribution in [0, 0.1) is 18.3 Å². The molecule has 1 aliphatic heterocycles. The van der Waals surface area contributed by atoms with E-state index in [1.807, 2.05) is 25.1 Å². The third kappa shape index (κ3) is 3.02. The second kappa shape index (κ2) is 5.88. The molecular formula is C15H20N2O. The first-order valence-corrected chi connectivity index (χ1v) is 6.54. The van der Waals surface area contributed by atoms with Gasteiger partial charge in [-0.15, -0.1) is 0 Å². The van der Waals surface area contributed by atoms with Crippen LogP contribution in [0.15, 0.2) is 18.2 Å². The molecule has 18 heavy (non-hydrogen) atoms. The Balaban J connectivity index is 1.94. The Bertz CT molecular complexity index is 450. The maximum absolute atomic E-state index is 8.88. The van der Waals surface area contributed by atoms with Gasteiger partial charge in [-0.2, -0.15) is 5.26 Å². The van der Waals surface area contributed by atoms with Gasteiger partial charge in [-0.25, -0.2) is 0 Å². The molecule has 0 radical (unpaired) electrons. The first kappa shape index (κ1) is 12.9. The number of benzene rings is 1. The summed E-state index contributed by atoms with van der Waals surface area (Å²) in [6.45, 7) is 3.85. The van der Waals surface area contributed by atoms with Crippen LogP contribution < -0.4 is 4.74 Å². The Hall–Kier alpha value is -1.53. The number of nitriles is 1. The summed E-state index contributed by atoms with van der Waals surface area (Å²) in [4.78, 5) is 2.38. The molecular weight excluding hydrogens is 224 g/mol. The number of aryl methyl sites for hydroxylation is 1. The third-order valence-electron chi connectivity index (χ3n) is 3.68. The smallest absolute Gasteiger partial charge is 0.119 e. The highest BCUT2D eigenvalue weighted by Gasteiger charge is 2.19. The van der Waals surface area contributed by atoms with Crippen LogP contribution in [0.3, 0.4) is 0 Å². The molecule has 3 heteroatoms. The molecule has 0 spiro atoms. The zero-order valence-electron chi connectivity index (χ0n) is 11.1. The number of hydrogen-bond acceptors (Lipinski definition) is 3. The molecule has 1 atom stereocenters. The summed E-state index contributed by atoms with van der Waals surface area (Å²) in [5, 5.41) is 8.88. The van der Waals surface area contributed by atoms with Gasteiger partial charge in [0.1, 0.15) is 12.4 Å². The van der Waals surface area contributed by atoms with Crippen LogP contribution in [0.1, 0.15) is 30.4 Å². The maximum atomic E-state index is 8.88. The zero-order chi connectivity index (χ0) is 13.0. The average molecular weight is 244 g/mol. The summed E-state index contributed by atoms with van der Waals surface area (Å²) < 4.78 is 5.85. The van der Waals surface area contributed by atoms with E-state index in [1.54, 1.807) is 0 Å². The molecule has 1 heterocycles. The van der Waals surface area contributed by atoms with E-state index in [9.17, 15) is 0 Å². The van der Waals surface area contributed by atoms with Crippen molar-refractivity contribution < 1.29 is 4.74 Å². The van der Waals surface area contributed by atoms with Crippen molar-refractivity contribution in [2.45, 2.75) is 32.2 Å². The van der Waals surface area contributed by atoms with Gasteiger partial charge in [-0.3, -0.25) is 0 Å². The predicted octanol–water partition coefficient (Wildman–Crippen LogP) is 2.73. The van der Waals surface area contributed by atoms with Crippen LogP contribution >= 0.6 is 0 Å². The van der Waals surface area contributed by atoms with Gasteiger partial charge in [-0.1, -0.05) is 6.42 Å². The number of rotatable bonds is 3. The van der Waals surface area contributed by atoms with Crippen LogP contribution in [-0.2, 0) is 0 Å². The van der Waals surface area contributed by atoms with Crippen molar-refractivity contribution in [1.29, 1.82) is 5.26 Å². The van der Waals surface area contributed by atoms with Crippen molar-refractivity contribution in [1.82, 2.24) is 4.90 Å². The lowest BCUT2D eigenvalue weighted by Crippen LogP contribution is -2.40. The van der Waals surface area contributed by atoms with Crippen LogP contribution in [-0.4, -0.2) is 31.1 Å². The molecule has 0 saturated carbocycles. The molecule has 1 aliphatic rings. The van der Waals surface area contributed by atoms with Gasteiger partial charge in [-0.05, 0) is 57.1 Å². The molecule has 96 valence electrons. The normalized spacial score (nSPS) is 20.4. The summed E-state index contributed by atoms with van der Waals surface area (Å²) >= 11 is 0. The van der Waals surface area contributed by atoms with Crippen molar-refractivity contribution in [3.05, 3.63) is 29.3 Å². The Labute approximate surface area is 109 Å². The summed E-state index contributed by atoms with van der Waals surface area (Å²) in [5.74, 6) is 0.866. The van der Waals surface area contributed by atoms with E-state index < -0.39 is 0 Å².